The number of benzene rings is 1. The van der Waals surface area contributed by atoms with Crippen LogP contribution in [-0.2, 0) is 10.3 Å². The zero-order chi connectivity index (χ0) is 10.1. The Kier molecular flexibility index (Phi) is 1.97. The van der Waals surface area contributed by atoms with Crippen LogP contribution in [0.5, 0.6) is 0 Å². The first-order valence-electron chi connectivity index (χ1n) is 3.82. The van der Waals surface area contributed by atoms with Gasteiger partial charge in [-0.15, -0.1) is 0 Å². The second kappa shape index (κ2) is 3.15. The molecule has 5 nitrogen and oxygen atoms in total. The molecule has 0 unspecified atom stereocenters. The van der Waals surface area contributed by atoms with Crippen molar-refractivity contribution in [3.63, 3.8) is 0 Å². The van der Waals surface area contributed by atoms with Gasteiger partial charge in [-0.1, -0.05) is 12.1 Å². The summed E-state index contributed by atoms with van der Waals surface area (Å²) in [5.74, 6) is 0. The predicted octanol–water partition coefficient (Wildman–Crippen LogP) is 0.267. The van der Waals surface area contributed by atoms with Gasteiger partial charge in [0.2, 0.25) is 4.77 Å². The Morgan fingerprint density at radius 2 is 1.79 bits per heavy atom. The van der Waals surface area contributed by atoms with Crippen molar-refractivity contribution < 1.29 is 8.42 Å². The van der Waals surface area contributed by atoms with Crippen molar-refractivity contribution in [2.24, 2.45) is 0 Å². The molecule has 0 saturated carbocycles. The summed E-state index contributed by atoms with van der Waals surface area (Å²) in [6.45, 7) is 0. The van der Waals surface area contributed by atoms with Gasteiger partial charge in [-0.3, -0.25) is 9.78 Å². The molecular weight excluding hydrogens is 204 g/mol. The molecule has 1 aromatic carbocycles. The van der Waals surface area contributed by atoms with Crippen LogP contribution in [-0.4, -0.2) is 18.4 Å². The van der Waals surface area contributed by atoms with Crippen LogP contribution in [0.3, 0.4) is 0 Å². The second-order valence-electron chi connectivity index (χ2n) is 2.69. The third-order valence-electron chi connectivity index (χ3n) is 1.81. The molecule has 72 valence electrons. The van der Waals surface area contributed by atoms with Crippen molar-refractivity contribution in [1.82, 2.24) is 9.97 Å². The highest BCUT2D eigenvalue weighted by Gasteiger charge is 1.97. The highest BCUT2D eigenvalue weighted by atomic mass is 32.2. The molecule has 2 N–H and O–H groups in total. The van der Waals surface area contributed by atoms with E-state index in [2.05, 4.69) is 9.97 Å². The molecule has 0 aliphatic heterocycles. The summed E-state index contributed by atoms with van der Waals surface area (Å²) >= 11 is 0. The molecule has 1 aromatic heterocycles. The van der Waals surface area contributed by atoms with Crippen LogP contribution in [0, 0.1) is 4.77 Å². The molecule has 0 saturated heterocycles. The van der Waals surface area contributed by atoms with Crippen molar-refractivity contribution in [2.45, 2.75) is 0 Å². The van der Waals surface area contributed by atoms with Crippen molar-refractivity contribution in [3.05, 3.63) is 39.4 Å². The number of nitrogens with one attached hydrogen (secondary N) is 2. The largest absolute Gasteiger partial charge is 0.328 e. The third kappa shape index (κ3) is 1.35. The monoisotopic (exact) mass is 210 g/mol. The number of rotatable bonds is 0. The van der Waals surface area contributed by atoms with E-state index < -0.39 is 15.9 Å². The molecule has 0 spiro atoms. The molecule has 0 atom stereocenters. The topological polar surface area (TPSA) is 82.8 Å². The second-order valence-corrected chi connectivity index (χ2v) is 3.57. The van der Waals surface area contributed by atoms with Gasteiger partial charge in [0.05, 0.1) is 10.9 Å². The number of hydrogen-bond donors (Lipinski definition) is 2. The Bertz CT molecular complexity index is 701. The number of para-hydroxylation sites is 1. The van der Waals surface area contributed by atoms with Crippen LogP contribution >= 0.6 is 0 Å². The lowest BCUT2D eigenvalue weighted by Gasteiger charge is -1.93. The zero-order valence-electron chi connectivity index (χ0n) is 6.94. The SMILES string of the molecule is O=c1[nH]c(=S(=O)=O)[nH]c2ccccc12. The first kappa shape index (κ1) is 8.76. The highest BCUT2D eigenvalue weighted by Crippen LogP contribution is 2.03. The number of H-pyrrole nitrogens is 2. The maximum atomic E-state index is 11.4. The van der Waals surface area contributed by atoms with Crippen LogP contribution in [0.1, 0.15) is 0 Å². The molecule has 6 heteroatoms. The lowest BCUT2D eigenvalue weighted by Crippen LogP contribution is -2.08. The minimum atomic E-state index is -2.46. The lowest BCUT2D eigenvalue weighted by atomic mass is 10.2. The summed E-state index contributed by atoms with van der Waals surface area (Å²) < 4.78 is 21.0. The molecule has 0 bridgehead atoms. The predicted molar refractivity (Wildman–Crippen MR) is 51.1 cm³/mol. The van der Waals surface area contributed by atoms with E-state index in [0.29, 0.717) is 10.9 Å². The van der Waals surface area contributed by atoms with E-state index in [1.54, 1.807) is 24.3 Å². The number of hydrogen-bond acceptors (Lipinski definition) is 3. The van der Waals surface area contributed by atoms with Crippen molar-refractivity contribution in [2.75, 3.05) is 0 Å². The van der Waals surface area contributed by atoms with E-state index >= 15 is 0 Å². The van der Waals surface area contributed by atoms with Gasteiger partial charge in [-0.2, -0.15) is 8.42 Å². The number of fused-ring (bicyclic) bond motifs is 1. The quantitative estimate of drug-likeness (QED) is 0.612. The molecule has 1 heterocycles. The first-order valence-corrected chi connectivity index (χ1v) is 4.89. The fraction of sp³-hybridized carbons (Fsp3) is 0. The van der Waals surface area contributed by atoms with E-state index in [1.807, 2.05) is 0 Å². The van der Waals surface area contributed by atoms with Crippen molar-refractivity contribution in [1.29, 1.82) is 0 Å². The van der Waals surface area contributed by atoms with Gasteiger partial charge < -0.3 is 4.98 Å². The van der Waals surface area contributed by atoms with Gasteiger partial charge >= 0.3 is 0 Å². The zero-order valence-corrected chi connectivity index (χ0v) is 7.76. The smallest absolute Gasteiger partial charge is 0.259 e. The van der Waals surface area contributed by atoms with E-state index in [0.717, 1.165) is 0 Å². The van der Waals surface area contributed by atoms with E-state index in [1.165, 1.54) is 0 Å². The molecule has 0 fully saturated rings. The van der Waals surface area contributed by atoms with Gasteiger partial charge in [0.25, 0.3) is 15.9 Å². The van der Waals surface area contributed by atoms with Gasteiger partial charge in [0.15, 0.2) is 0 Å². The molecule has 14 heavy (non-hydrogen) atoms. The summed E-state index contributed by atoms with van der Waals surface area (Å²) in [7, 11) is -2.46. The van der Waals surface area contributed by atoms with E-state index in [-0.39, 0.29) is 4.77 Å². The Morgan fingerprint density at radius 3 is 2.50 bits per heavy atom. The summed E-state index contributed by atoms with van der Waals surface area (Å²) in [6.07, 6.45) is 0. The number of aromatic nitrogens is 2. The highest BCUT2D eigenvalue weighted by molar-refractivity contribution is 7.63. The minimum Gasteiger partial charge on any atom is -0.328 e. The molecule has 0 aliphatic carbocycles. The summed E-state index contributed by atoms with van der Waals surface area (Å²) in [6, 6.07) is 6.68. The Morgan fingerprint density at radius 1 is 1.07 bits per heavy atom. The Balaban J connectivity index is 3.17. The van der Waals surface area contributed by atoms with Crippen LogP contribution in [0.2, 0.25) is 0 Å². The standard InChI is InChI=1S/C8H6N2O3S/c11-7-5-3-1-2-4-6(5)9-8(10-7)14(12)13/h1-4,9H,(H,10,11). The molecule has 0 radical (unpaired) electrons. The molecular formula is C8H6N2O3S. The van der Waals surface area contributed by atoms with Crippen molar-refractivity contribution in [3.8, 4) is 0 Å². The minimum absolute atomic E-state index is 0.214. The fourth-order valence-corrected chi connectivity index (χ4v) is 1.57. The van der Waals surface area contributed by atoms with Gasteiger partial charge in [-0.05, 0) is 12.1 Å². The normalized spacial score (nSPS) is 10.3. The maximum absolute atomic E-state index is 11.4. The van der Waals surface area contributed by atoms with Crippen LogP contribution in [0.15, 0.2) is 29.1 Å². The molecule has 2 aromatic rings. The van der Waals surface area contributed by atoms with Gasteiger partial charge in [-0.25, -0.2) is 0 Å². The fourth-order valence-electron chi connectivity index (χ4n) is 1.20. The Hall–Kier alpha value is -1.82. The van der Waals surface area contributed by atoms with Crippen LogP contribution in [0.4, 0.5) is 0 Å². The first-order chi connectivity index (χ1) is 6.68. The third-order valence-corrected chi connectivity index (χ3v) is 2.35. The molecule has 0 amide bonds. The van der Waals surface area contributed by atoms with Gasteiger partial charge in [0, 0.05) is 0 Å². The summed E-state index contributed by atoms with van der Waals surface area (Å²) in [5, 5.41) is 0.432. The number of aromatic amines is 2. The summed E-state index contributed by atoms with van der Waals surface area (Å²) in [4.78, 5) is 16.2. The molecule has 2 rings (SSSR count). The average molecular weight is 210 g/mol. The van der Waals surface area contributed by atoms with Crippen molar-refractivity contribution >= 4 is 21.2 Å². The van der Waals surface area contributed by atoms with Gasteiger partial charge in [0.1, 0.15) is 0 Å². The van der Waals surface area contributed by atoms with E-state index in [9.17, 15) is 13.2 Å². The van der Waals surface area contributed by atoms with Crippen LogP contribution < -0.4 is 5.56 Å². The molecule has 0 aliphatic rings. The average Bonchev–Trinajstić information content (AvgIpc) is 2.17. The lowest BCUT2D eigenvalue weighted by molar-refractivity contribution is 0.623. The Labute approximate surface area is 79.6 Å². The van der Waals surface area contributed by atoms with E-state index in [4.69, 9.17) is 0 Å². The summed E-state index contributed by atoms with van der Waals surface area (Å²) in [5.41, 5.74) is 0.0778. The maximum Gasteiger partial charge on any atom is 0.259 e. The van der Waals surface area contributed by atoms with Crippen LogP contribution in [0.25, 0.3) is 10.9 Å².